The Hall–Kier alpha value is -4.79. The summed E-state index contributed by atoms with van der Waals surface area (Å²) in [5, 5.41) is 2.90. The average Bonchev–Trinajstić information content (AvgIpc) is 3.02. The van der Waals surface area contributed by atoms with E-state index in [0.717, 1.165) is 17.7 Å². The maximum Gasteiger partial charge on any atom is 0.416 e. The topological polar surface area (TPSA) is 67.9 Å². The third kappa shape index (κ3) is 6.83. The monoisotopic (exact) mass is 590 g/mol. The summed E-state index contributed by atoms with van der Waals surface area (Å²) in [4.78, 5) is 30.5. The Labute approximate surface area is 249 Å². The summed E-state index contributed by atoms with van der Waals surface area (Å²) in [5.41, 5.74) is -0.270. The van der Waals surface area contributed by atoms with Gasteiger partial charge in [-0.1, -0.05) is 78.9 Å². The summed E-state index contributed by atoms with van der Waals surface area (Å²) in [6, 6.07) is 27.9. The highest BCUT2D eigenvalue weighted by atomic mass is 19.4. The van der Waals surface area contributed by atoms with Gasteiger partial charge in [0.05, 0.1) is 19.8 Å². The molecule has 4 aromatic carbocycles. The number of nitrogens with zero attached hydrogens (tertiary/aromatic N) is 1. The fourth-order valence-corrected chi connectivity index (χ4v) is 5.06. The molecule has 0 aliphatic heterocycles. The van der Waals surface area contributed by atoms with Gasteiger partial charge in [0.1, 0.15) is 0 Å². The van der Waals surface area contributed by atoms with Gasteiger partial charge in [0, 0.05) is 20.1 Å². The van der Waals surface area contributed by atoms with Gasteiger partial charge in [0.15, 0.2) is 16.9 Å². The summed E-state index contributed by atoms with van der Waals surface area (Å²) < 4.78 is 49.9. The van der Waals surface area contributed by atoms with Crippen LogP contribution in [0.3, 0.4) is 0 Å². The molecule has 1 unspecified atom stereocenters. The van der Waals surface area contributed by atoms with Crippen LogP contribution >= 0.6 is 0 Å². The molecule has 0 aliphatic carbocycles. The van der Waals surface area contributed by atoms with Crippen molar-refractivity contribution in [3.8, 4) is 11.5 Å². The number of amides is 2. The summed E-state index contributed by atoms with van der Waals surface area (Å²) in [5.74, 6) is -0.276. The van der Waals surface area contributed by atoms with Gasteiger partial charge in [-0.25, -0.2) is 0 Å². The Morgan fingerprint density at radius 3 is 1.88 bits per heavy atom. The maximum absolute atomic E-state index is 14.6. The molecule has 1 atom stereocenters. The van der Waals surface area contributed by atoms with Crippen molar-refractivity contribution in [2.75, 3.05) is 27.8 Å². The Kier molecular flexibility index (Phi) is 9.75. The van der Waals surface area contributed by atoms with Crippen molar-refractivity contribution in [1.82, 2.24) is 10.2 Å². The molecule has 0 heterocycles. The molecular formula is C34H33F3N2O4. The van der Waals surface area contributed by atoms with Crippen LogP contribution in [0, 0.1) is 0 Å². The lowest BCUT2D eigenvalue weighted by molar-refractivity contribution is -0.142. The summed E-state index contributed by atoms with van der Waals surface area (Å²) >= 11 is 0. The number of ether oxygens (including phenoxy) is 2. The zero-order valence-corrected chi connectivity index (χ0v) is 24.2. The first-order valence-electron chi connectivity index (χ1n) is 13.6. The molecule has 0 saturated heterocycles. The summed E-state index contributed by atoms with van der Waals surface area (Å²) in [7, 11) is 4.61. The third-order valence-electron chi connectivity index (χ3n) is 7.27. The van der Waals surface area contributed by atoms with Gasteiger partial charge in [0.2, 0.25) is 11.8 Å². The molecule has 43 heavy (non-hydrogen) atoms. The van der Waals surface area contributed by atoms with Crippen molar-refractivity contribution >= 4 is 11.8 Å². The lowest BCUT2D eigenvalue weighted by Crippen LogP contribution is -2.56. The Bertz CT molecular complexity index is 1530. The van der Waals surface area contributed by atoms with Crippen molar-refractivity contribution in [1.29, 1.82) is 0 Å². The highest BCUT2D eigenvalue weighted by Crippen LogP contribution is 2.39. The van der Waals surface area contributed by atoms with Crippen molar-refractivity contribution in [3.05, 3.63) is 131 Å². The number of halogens is 3. The minimum Gasteiger partial charge on any atom is -0.493 e. The van der Waals surface area contributed by atoms with Crippen LogP contribution in [0.1, 0.15) is 27.8 Å². The fraction of sp³-hybridized carbons (Fsp3) is 0.235. The van der Waals surface area contributed by atoms with Crippen molar-refractivity contribution in [2.45, 2.75) is 24.6 Å². The Balaban J connectivity index is 1.75. The van der Waals surface area contributed by atoms with E-state index >= 15 is 0 Å². The van der Waals surface area contributed by atoms with Crippen LogP contribution in [0.5, 0.6) is 11.5 Å². The van der Waals surface area contributed by atoms with E-state index in [9.17, 15) is 22.8 Å². The van der Waals surface area contributed by atoms with Gasteiger partial charge < -0.3 is 19.7 Å². The molecule has 1 N–H and O–H groups in total. The first kappa shape index (κ1) is 31.2. The molecule has 0 saturated carbocycles. The normalized spacial score (nSPS) is 12.6. The number of methoxy groups -OCH3 is 2. The predicted molar refractivity (Wildman–Crippen MR) is 158 cm³/mol. The zero-order valence-electron chi connectivity index (χ0n) is 24.2. The summed E-state index contributed by atoms with van der Waals surface area (Å²) in [6.45, 7) is 0.335. The van der Waals surface area contributed by atoms with Gasteiger partial charge in [-0.05, 0) is 52.9 Å². The number of alkyl halides is 3. The molecule has 0 fully saturated rings. The van der Waals surface area contributed by atoms with Crippen LogP contribution in [0.25, 0.3) is 0 Å². The smallest absolute Gasteiger partial charge is 0.416 e. The molecule has 0 radical (unpaired) electrons. The van der Waals surface area contributed by atoms with Crippen molar-refractivity contribution in [3.63, 3.8) is 0 Å². The van der Waals surface area contributed by atoms with E-state index in [1.54, 1.807) is 55.6 Å². The predicted octanol–water partition coefficient (Wildman–Crippen LogP) is 6.03. The molecule has 0 bridgehead atoms. The number of benzene rings is 4. The number of hydrogen-bond acceptors (Lipinski definition) is 4. The number of carbonyl (C=O) groups excluding carboxylic acids is 2. The summed E-state index contributed by atoms with van der Waals surface area (Å²) in [6.07, 6.45) is -4.18. The fourth-order valence-electron chi connectivity index (χ4n) is 5.06. The van der Waals surface area contributed by atoms with E-state index < -0.39 is 29.0 Å². The molecule has 0 spiro atoms. The SMILES string of the molecule is COc1ccc(C(C(=O)NCCc2ccc(C(F)(F)F)cc2)(C(=O)N(C)Cc2ccccc2)c2ccccc2)cc1OC. The van der Waals surface area contributed by atoms with Gasteiger partial charge in [-0.3, -0.25) is 9.59 Å². The largest absolute Gasteiger partial charge is 0.493 e. The van der Waals surface area contributed by atoms with E-state index in [1.165, 1.54) is 31.3 Å². The van der Waals surface area contributed by atoms with E-state index in [2.05, 4.69) is 5.32 Å². The van der Waals surface area contributed by atoms with Crippen molar-refractivity contribution < 1.29 is 32.2 Å². The molecule has 9 heteroatoms. The van der Waals surface area contributed by atoms with Crippen LogP contribution in [0.15, 0.2) is 103 Å². The molecule has 4 rings (SSSR count). The highest BCUT2D eigenvalue weighted by Gasteiger charge is 2.51. The van der Waals surface area contributed by atoms with Crippen LogP contribution < -0.4 is 14.8 Å². The molecule has 4 aromatic rings. The Morgan fingerprint density at radius 1 is 0.721 bits per heavy atom. The van der Waals surface area contributed by atoms with E-state index in [0.29, 0.717) is 28.2 Å². The molecule has 2 amide bonds. The number of rotatable bonds is 11. The minimum atomic E-state index is -4.44. The van der Waals surface area contributed by atoms with Crippen LogP contribution in [-0.2, 0) is 34.1 Å². The minimum absolute atomic E-state index is 0.0851. The van der Waals surface area contributed by atoms with E-state index in [-0.39, 0.29) is 19.5 Å². The quantitative estimate of drug-likeness (QED) is 0.217. The highest BCUT2D eigenvalue weighted by molar-refractivity contribution is 6.14. The Morgan fingerprint density at radius 2 is 1.30 bits per heavy atom. The lowest BCUT2D eigenvalue weighted by Gasteiger charge is -2.36. The van der Waals surface area contributed by atoms with Gasteiger partial charge in [-0.2, -0.15) is 13.2 Å². The molecule has 0 aliphatic rings. The van der Waals surface area contributed by atoms with Crippen LogP contribution in [0.4, 0.5) is 13.2 Å². The number of carbonyl (C=O) groups is 2. The number of likely N-dealkylation sites (N-methyl/N-ethyl adjacent to an activating group) is 1. The molecule has 6 nitrogen and oxygen atoms in total. The van der Waals surface area contributed by atoms with E-state index in [4.69, 9.17) is 9.47 Å². The second-order valence-corrected chi connectivity index (χ2v) is 10.0. The van der Waals surface area contributed by atoms with Gasteiger partial charge in [-0.15, -0.1) is 0 Å². The van der Waals surface area contributed by atoms with Crippen molar-refractivity contribution in [2.24, 2.45) is 0 Å². The van der Waals surface area contributed by atoms with Crippen LogP contribution in [-0.4, -0.2) is 44.5 Å². The first-order valence-corrected chi connectivity index (χ1v) is 13.6. The standard InChI is InChI=1S/C34H33F3N2O4/c1-39(23-25-10-6-4-7-11-25)32(41)33(26-12-8-5-9-13-26,28-18-19-29(42-2)30(22-28)43-3)31(40)38-21-20-24-14-16-27(17-15-24)34(35,36)37/h4-19,22H,20-21,23H2,1-3H3,(H,38,40). The first-order chi connectivity index (χ1) is 20.6. The van der Waals surface area contributed by atoms with Crippen LogP contribution in [0.2, 0.25) is 0 Å². The second kappa shape index (κ2) is 13.5. The van der Waals surface area contributed by atoms with E-state index in [1.807, 2.05) is 30.3 Å². The molecular weight excluding hydrogens is 557 g/mol. The number of hydrogen-bond donors (Lipinski definition) is 1. The average molecular weight is 591 g/mol. The molecule has 224 valence electrons. The zero-order chi connectivity index (χ0) is 31.0. The van der Waals surface area contributed by atoms with Gasteiger partial charge in [0.25, 0.3) is 0 Å². The second-order valence-electron chi connectivity index (χ2n) is 10.0. The maximum atomic E-state index is 14.6. The third-order valence-corrected chi connectivity index (χ3v) is 7.27. The van der Waals surface area contributed by atoms with Gasteiger partial charge >= 0.3 is 6.18 Å². The number of nitrogens with one attached hydrogen (secondary N) is 1. The lowest BCUT2D eigenvalue weighted by atomic mass is 9.72. The molecule has 0 aromatic heterocycles.